The van der Waals surface area contributed by atoms with E-state index in [9.17, 15) is 14.4 Å². The molecule has 2 fully saturated rings. The molecule has 5 aromatic rings. The maximum atomic E-state index is 17.0. The third-order valence-corrected chi connectivity index (χ3v) is 11.8. The number of nitrogens with zero attached hydrogens (tertiary/aromatic N) is 5. The fourth-order valence-electron chi connectivity index (χ4n) is 8.66. The number of nitrogens with two attached hydrogens (primary N) is 1. The molecule has 3 amide bonds. The summed E-state index contributed by atoms with van der Waals surface area (Å²) in [5.74, 6) is 7.33. The van der Waals surface area contributed by atoms with Crippen molar-refractivity contribution in [1.82, 2.24) is 40.1 Å². The standard InChI is InChI=1S/C40H45FN9O4P/c1-4-13-49(35(51)19-44-39(53)54-3)20-34-43-18-33(45-34)24-7-11-28-27-10-6-22(15-29(27)40(41,55)30(28)16-24)23-8-12-31-32(17-23)47-38(46-31)37-25-5-9-26(14-25)50(37)36(52)21-48(2)42/h6-8,10-12,15-18,25-26,37H,4-5,9,13-14,19-21,42,55H2,1-3H3,(H,43,45)(H,44,53)(H,46,47)/t25-,26+,37-,40?/m0/s1. The third-order valence-electron chi connectivity index (χ3n) is 11.2. The van der Waals surface area contributed by atoms with Crippen molar-refractivity contribution >= 4 is 38.2 Å². The zero-order valence-corrected chi connectivity index (χ0v) is 32.2. The van der Waals surface area contributed by atoms with E-state index in [1.165, 1.54) is 12.1 Å². The number of hydrogen-bond donors (Lipinski definition) is 4. The average molecular weight is 766 g/mol. The van der Waals surface area contributed by atoms with Crippen molar-refractivity contribution in [2.45, 2.75) is 56.6 Å². The lowest BCUT2D eigenvalue weighted by molar-refractivity contribution is -0.137. The van der Waals surface area contributed by atoms with Crippen molar-refractivity contribution < 1.29 is 23.5 Å². The summed E-state index contributed by atoms with van der Waals surface area (Å²) in [6.45, 7) is 2.65. The predicted octanol–water partition coefficient (Wildman–Crippen LogP) is 5.60. The van der Waals surface area contributed by atoms with Gasteiger partial charge in [0.2, 0.25) is 11.8 Å². The predicted molar refractivity (Wildman–Crippen MR) is 210 cm³/mol. The number of benzene rings is 3. The van der Waals surface area contributed by atoms with E-state index in [-0.39, 0.29) is 43.5 Å². The minimum absolute atomic E-state index is 0.0194. The number of amides is 3. The van der Waals surface area contributed by atoms with Crippen LogP contribution in [-0.4, -0.2) is 92.5 Å². The SMILES string of the molecule is CCCN(Cc1ncc(-c2ccc3c(c2)C(F)(P)c2cc(-c4ccc5nc([C@@H]6[C@H]7CC[C@H](C7)N6C(=O)CN(C)N)[nH]c5c4)ccc2-3)[nH]1)C(=O)CNC(=O)OC. The highest BCUT2D eigenvalue weighted by molar-refractivity contribution is 7.18. The van der Waals surface area contributed by atoms with E-state index in [2.05, 4.69) is 34.2 Å². The van der Waals surface area contributed by atoms with Gasteiger partial charge in [-0.1, -0.05) is 46.5 Å². The van der Waals surface area contributed by atoms with E-state index in [0.717, 1.165) is 70.4 Å². The first-order valence-electron chi connectivity index (χ1n) is 18.6. The fraction of sp³-hybridized carbons (Fsp3) is 0.375. The Morgan fingerprint density at radius 1 is 1.05 bits per heavy atom. The number of aromatic nitrogens is 4. The molecule has 0 radical (unpaired) electrons. The van der Waals surface area contributed by atoms with E-state index < -0.39 is 11.5 Å². The molecule has 5 N–H and O–H groups in total. The number of methoxy groups -OCH3 is 1. The second-order valence-electron chi connectivity index (χ2n) is 14.9. The van der Waals surface area contributed by atoms with Crippen LogP contribution < -0.4 is 11.2 Å². The summed E-state index contributed by atoms with van der Waals surface area (Å²) >= 11 is 0. The van der Waals surface area contributed by atoms with Crippen LogP contribution in [0.3, 0.4) is 0 Å². The molecule has 1 saturated heterocycles. The number of alkyl halides is 1. The van der Waals surface area contributed by atoms with Gasteiger partial charge in [0.05, 0.1) is 49.2 Å². The number of rotatable bonds is 11. The van der Waals surface area contributed by atoms with E-state index in [0.29, 0.717) is 35.1 Å². The molecule has 3 aliphatic rings. The number of hydrazine groups is 1. The number of nitrogens with one attached hydrogen (secondary N) is 3. The summed E-state index contributed by atoms with van der Waals surface area (Å²) in [6.07, 6.45) is 4.80. The van der Waals surface area contributed by atoms with Crippen LogP contribution in [0.5, 0.6) is 0 Å². The van der Waals surface area contributed by atoms with Crippen LogP contribution >= 0.6 is 9.24 Å². The smallest absolute Gasteiger partial charge is 0.407 e. The number of alkyl carbamates (subject to hydrolysis) is 1. The maximum absolute atomic E-state index is 17.0. The number of carbonyl (C=O) groups excluding carboxylic acids is 3. The lowest BCUT2D eigenvalue weighted by atomic mass is 9.98. The van der Waals surface area contributed by atoms with Crippen LogP contribution in [0, 0.1) is 5.92 Å². The van der Waals surface area contributed by atoms with Gasteiger partial charge < -0.3 is 29.8 Å². The highest BCUT2D eigenvalue weighted by Crippen LogP contribution is 2.55. The zero-order chi connectivity index (χ0) is 38.6. The number of hydrogen-bond acceptors (Lipinski definition) is 8. The van der Waals surface area contributed by atoms with E-state index in [1.807, 2.05) is 66.4 Å². The van der Waals surface area contributed by atoms with Crippen molar-refractivity contribution in [3.8, 4) is 33.5 Å². The molecule has 55 heavy (non-hydrogen) atoms. The Morgan fingerprint density at radius 2 is 1.76 bits per heavy atom. The van der Waals surface area contributed by atoms with Crippen LogP contribution in [0.4, 0.5) is 9.18 Å². The van der Waals surface area contributed by atoms with Crippen LogP contribution in [0.2, 0.25) is 0 Å². The molecule has 286 valence electrons. The number of halogens is 1. The monoisotopic (exact) mass is 765 g/mol. The molecule has 2 bridgehead atoms. The van der Waals surface area contributed by atoms with Crippen LogP contribution in [-0.2, 0) is 26.3 Å². The molecule has 2 unspecified atom stereocenters. The second-order valence-corrected chi connectivity index (χ2v) is 15.7. The number of H-pyrrole nitrogens is 2. The summed E-state index contributed by atoms with van der Waals surface area (Å²) < 4.78 is 21.5. The lowest BCUT2D eigenvalue weighted by Crippen LogP contribution is -2.46. The van der Waals surface area contributed by atoms with E-state index in [4.69, 9.17) is 10.8 Å². The third kappa shape index (κ3) is 6.76. The van der Waals surface area contributed by atoms with Crippen molar-refractivity contribution in [3.63, 3.8) is 0 Å². The van der Waals surface area contributed by atoms with E-state index >= 15 is 4.39 Å². The first-order valence-corrected chi connectivity index (χ1v) is 19.2. The van der Waals surface area contributed by atoms with Gasteiger partial charge in [-0.15, -0.1) is 0 Å². The average Bonchev–Trinajstić information content (AvgIpc) is 4.01. The second kappa shape index (κ2) is 14.5. The Labute approximate surface area is 320 Å². The normalized spacial score (nSPS) is 20.9. The van der Waals surface area contributed by atoms with Crippen molar-refractivity contribution in [3.05, 3.63) is 83.6 Å². The Hall–Kier alpha value is -5.17. The summed E-state index contributed by atoms with van der Waals surface area (Å²) in [5, 5.41) is 2.02. The number of fused-ring (bicyclic) bond motifs is 6. The van der Waals surface area contributed by atoms with Gasteiger partial charge >= 0.3 is 6.09 Å². The van der Waals surface area contributed by atoms with Gasteiger partial charge in [-0.3, -0.25) is 15.4 Å². The molecule has 3 heterocycles. The van der Waals surface area contributed by atoms with Gasteiger partial charge in [0, 0.05) is 36.3 Å². The van der Waals surface area contributed by atoms with Gasteiger partial charge in [0.15, 0.2) is 5.41 Å². The molecular formula is C40H45FN9O4P. The number of aromatic amines is 2. The fourth-order valence-corrected chi connectivity index (χ4v) is 9.14. The molecule has 1 aliphatic heterocycles. The molecule has 13 nitrogen and oxygen atoms in total. The first kappa shape index (κ1) is 36.8. The Morgan fingerprint density at radius 3 is 2.49 bits per heavy atom. The molecule has 3 aromatic carbocycles. The first-order chi connectivity index (χ1) is 26.4. The van der Waals surface area contributed by atoms with Crippen molar-refractivity contribution in [2.24, 2.45) is 11.8 Å². The van der Waals surface area contributed by atoms with Gasteiger partial charge in [0.1, 0.15) is 18.2 Å². The molecule has 8 rings (SSSR count). The molecule has 0 spiro atoms. The van der Waals surface area contributed by atoms with Crippen LogP contribution in [0.1, 0.15) is 61.4 Å². The summed E-state index contributed by atoms with van der Waals surface area (Å²) in [6, 6.07) is 17.8. The molecule has 2 aromatic heterocycles. The number of likely N-dealkylation sites (N-methyl/N-ethyl adjacent to an activating group) is 1. The number of piperidine rings is 1. The van der Waals surface area contributed by atoms with Gasteiger partial charge in [-0.05, 0) is 78.1 Å². The minimum Gasteiger partial charge on any atom is -0.453 e. The summed E-state index contributed by atoms with van der Waals surface area (Å²) in [5.41, 5.74) is 7.70. The highest BCUT2D eigenvalue weighted by atomic mass is 31.0. The lowest BCUT2D eigenvalue weighted by Gasteiger charge is -2.34. The molecular weight excluding hydrogens is 720 g/mol. The maximum Gasteiger partial charge on any atom is 0.407 e. The molecule has 15 heteroatoms. The number of likely N-dealkylation sites (tertiary alicyclic amines) is 1. The Balaban J connectivity index is 1.02. The Kier molecular flexibility index (Phi) is 9.69. The van der Waals surface area contributed by atoms with E-state index in [1.54, 1.807) is 18.1 Å². The number of carbonyl (C=O) groups is 3. The zero-order valence-electron chi connectivity index (χ0n) is 31.1. The van der Waals surface area contributed by atoms with Gasteiger partial charge in [-0.25, -0.2) is 24.2 Å². The van der Waals surface area contributed by atoms with Crippen LogP contribution in [0.15, 0.2) is 60.8 Å². The molecule has 1 saturated carbocycles. The van der Waals surface area contributed by atoms with Crippen molar-refractivity contribution in [1.29, 1.82) is 0 Å². The number of ether oxygens (including phenoxy) is 1. The van der Waals surface area contributed by atoms with Crippen LogP contribution in [0.25, 0.3) is 44.5 Å². The topological polar surface area (TPSA) is 166 Å². The highest BCUT2D eigenvalue weighted by Gasteiger charge is 2.50. The largest absolute Gasteiger partial charge is 0.453 e. The Bertz CT molecular complexity index is 2300. The molecule has 2 aliphatic carbocycles. The van der Waals surface area contributed by atoms with Gasteiger partial charge in [-0.2, -0.15) is 0 Å². The quantitative estimate of drug-likeness (QED) is 0.0767. The molecule has 5 atom stereocenters. The van der Waals surface area contributed by atoms with Crippen molar-refractivity contribution in [2.75, 3.05) is 33.8 Å². The number of imidazole rings is 2. The summed E-state index contributed by atoms with van der Waals surface area (Å²) in [7, 11) is 5.37. The summed E-state index contributed by atoms with van der Waals surface area (Å²) in [4.78, 5) is 57.4. The minimum atomic E-state index is -1.84. The van der Waals surface area contributed by atoms with Gasteiger partial charge in [0.25, 0.3) is 0 Å².